The van der Waals surface area contributed by atoms with Gasteiger partial charge in [-0.15, -0.1) is 0 Å². The third-order valence-electron chi connectivity index (χ3n) is 7.37. The first-order valence-corrected chi connectivity index (χ1v) is 13.0. The number of aliphatic hydroxyl groups excluding tert-OH is 1. The van der Waals surface area contributed by atoms with E-state index >= 15 is 0 Å². The lowest BCUT2D eigenvalue weighted by Crippen LogP contribution is -2.38. The quantitative estimate of drug-likeness (QED) is 0.429. The Bertz CT molecular complexity index is 1400. The topological polar surface area (TPSA) is 87.0 Å². The molecule has 0 aliphatic carbocycles. The van der Waals surface area contributed by atoms with Gasteiger partial charge in [-0.3, -0.25) is 9.59 Å². The van der Waals surface area contributed by atoms with Crippen LogP contribution in [0, 0.1) is 0 Å². The van der Waals surface area contributed by atoms with E-state index in [-0.39, 0.29) is 16.9 Å². The average molecular weight is 509 g/mol. The Labute approximate surface area is 214 Å². The summed E-state index contributed by atoms with van der Waals surface area (Å²) in [6.07, 6.45) is 5.18. The fourth-order valence-electron chi connectivity index (χ4n) is 5.53. The van der Waals surface area contributed by atoms with Crippen LogP contribution >= 0.6 is 11.6 Å². The first-order chi connectivity index (χ1) is 17.5. The summed E-state index contributed by atoms with van der Waals surface area (Å²) in [6.45, 7) is 4.62. The maximum Gasteiger partial charge on any atom is 0.256 e. The van der Waals surface area contributed by atoms with Crippen LogP contribution in [0.1, 0.15) is 36.0 Å². The highest BCUT2D eigenvalue weighted by atomic mass is 35.5. The maximum absolute atomic E-state index is 13.7. The zero-order valence-electron chi connectivity index (χ0n) is 20.0. The monoisotopic (exact) mass is 508 g/mol. The van der Waals surface area contributed by atoms with Crippen molar-refractivity contribution in [3.05, 3.63) is 57.3 Å². The third kappa shape index (κ3) is 4.23. The predicted molar refractivity (Wildman–Crippen MR) is 140 cm³/mol. The van der Waals surface area contributed by atoms with E-state index in [1.165, 1.54) is 12.8 Å². The Kier molecular flexibility index (Phi) is 6.11. The van der Waals surface area contributed by atoms with Crippen molar-refractivity contribution in [3.8, 4) is 17.2 Å². The molecule has 2 saturated heterocycles. The molecule has 0 radical (unpaired) electrons. The number of likely N-dealkylation sites (tertiary alicyclic amines) is 1. The molecule has 4 heterocycles. The molecule has 3 aliphatic heterocycles. The smallest absolute Gasteiger partial charge is 0.256 e. The first kappa shape index (κ1) is 23.3. The molecule has 1 amide bonds. The number of rotatable bonds is 5. The highest BCUT2D eigenvalue weighted by molar-refractivity contribution is 6.30. The van der Waals surface area contributed by atoms with Crippen molar-refractivity contribution in [1.82, 2.24) is 14.8 Å². The number of β-amino-alcohol motifs (C(OH)–C–C–N with tert-alkyl or cyclic N) is 1. The van der Waals surface area contributed by atoms with Crippen LogP contribution in [0.3, 0.4) is 0 Å². The largest absolute Gasteiger partial charge is 0.453 e. The minimum atomic E-state index is -0.418. The van der Waals surface area contributed by atoms with Gasteiger partial charge in [-0.05, 0) is 63.0 Å². The van der Waals surface area contributed by atoms with E-state index in [9.17, 15) is 14.7 Å². The van der Waals surface area contributed by atoms with Crippen LogP contribution in [0.4, 0.5) is 5.69 Å². The van der Waals surface area contributed by atoms with E-state index in [1.807, 2.05) is 16.7 Å². The number of nitrogens with one attached hydrogen (secondary N) is 1. The maximum atomic E-state index is 13.7. The summed E-state index contributed by atoms with van der Waals surface area (Å²) in [5.41, 5.74) is 1.81. The van der Waals surface area contributed by atoms with Crippen molar-refractivity contribution in [3.63, 3.8) is 0 Å². The summed E-state index contributed by atoms with van der Waals surface area (Å²) in [4.78, 5) is 31.3. The van der Waals surface area contributed by atoms with E-state index < -0.39 is 6.10 Å². The molecular formula is C27H29ClN4O4. The minimum Gasteiger partial charge on any atom is -0.453 e. The summed E-state index contributed by atoms with van der Waals surface area (Å²) in [6, 6.07) is 9.03. The van der Waals surface area contributed by atoms with Crippen molar-refractivity contribution in [2.24, 2.45) is 0 Å². The van der Waals surface area contributed by atoms with Crippen molar-refractivity contribution in [1.29, 1.82) is 0 Å². The molecule has 6 rings (SSSR count). The SMILES string of the molecule is O=C(NCCN1CCCC1)c1cn2c3c(cc(N4CCCC(O)C4)cc3c1=O)Oc1ccc(Cl)cc1-2. The second-order valence-electron chi connectivity index (χ2n) is 9.84. The van der Waals surface area contributed by atoms with Crippen LogP contribution in [-0.2, 0) is 0 Å². The first-order valence-electron chi connectivity index (χ1n) is 12.6. The average Bonchev–Trinajstić information content (AvgIpc) is 3.39. The molecule has 0 bridgehead atoms. The molecule has 8 nitrogen and oxygen atoms in total. The standard InChI is InChI=1S/C27H29ClN4O4/c28-17-5-6-23-22(12-17)32-16-21(27(35)29-7-11-30-8-1-2-9-30)26(34)20-13-18(14-24(36-23)25(20)32)31-10-3-4-19(33)15-31/h5-6,12-14,16,19,33H,1-4,7-11,15H2,(H,29,35). The van der Waals surface area contributed by atoms with Crippen molar-refractivity contribution in [2.75, 3.05) is 44.2 Å². The number of hydrogen-bond acceptors (Lipinski definition) is 6. The molecule has 3 aliphatic rings. The molecule has 3 aromatic rings. The molecule has 0 spiro atoms. The molecule has 2 N–H and O–H groups in total. The predicted octanol–water partition coefficient (Wildman–Crippen LogP) is 3.54. The molecule has 1 unspecified atom stereocenters. The Morgan fingerprint density at radius 1 is 1.11 bits per heavy atom. The Hall–Kier alpha value is -3.07. The summed E-state index contributed by atoms with van der Waals surface area (Å²) in [7, 11) is 0. The molecule has 188 valence electrons. The lowest BCUT2D eigenvalue weighted by atomic mass is 10.0. The van der Waals surface area contributed by atoms with Gasteiger partial charge >= 0.3 is 0 Å². The summed E-state index contributed by atoms with van der Waals surface area (Å²) < 4.78 is 8.06. The number of carbonyl (C=O) groups is 1. The van der Waals surface area contributed by atoms with Crippen molar-refractivity contribution in [2.45, 2.75) is 31.8 Å². The normalized spacial score (nSPS) is 19.3. The number of carbonyl (C=O) groups excluding carboxylic acids is 1. The Balaban J connectivity index is 1.44. The van der Waals surface area contributed by atoms with Crippen LogP contribution in [0.15, 0.2) is 41.3 Å². The Morgan fingerprint density at radius 3 is 2.75 bits per heavy atom. The van der Waals surface area contributed by atoms with Crippen LogP contribution < -0.4 is 20.4 Å². The number of fused-ring (bicyclic) bond motifs is 2. The number of piperidine rings is 1. The molecule has 2 fully saturated rings. The number of pyridine rings is 1. The molecule has 0 saturated carbocycles. The molecule has 1 aromatic heterocycles. The van der Waals surface area contributed by atoms with Crippen LogP contribution in [0.5, 0.6) is 11.5 Å². The summed E-state index contributed by atoms with van der Waals surface area (Å²) in [5.74, 6) is 0.740. The number of amides is 1. The lowest BCUT2D eigenvalue weighted by molar-refractivity contribution is 0.0948. The van der Waals surface area contributed by atoms with E-state index in [1.54, 1.807) is 24.4 Å². The van der Waals surface area contributed by atoms with Gasteiger partial charge in [0.25, 0.3) is 5.91 Å². The molecule has 1 atom stereocenters. The summed E-state index contributed by atoms with van der Waals surface area (Å²) >= 11 is 6.30. The number of hydrogen-bond donors (Lipinski definition) is 2. The third-order valence-corrected chi connectivity index (χ3v) is 7.60. The number of anilines is 1. The fourth-order valence-corrected chi connectivity index (χ4v) is 5.69. The van der Waals surface area contributed by atoms with Crippen LogP contribution in [0.2, 0.25) is 5.02 Å². The van der Waals surface area contributed by atoms with E-state index in [0.29, 0.717) is 46.2 Å². The molecule has 2 aromatic carbocycles. The minimum absolute atomic E-state index is 0.0820. The van der Waals surface area contributed by atoms with Gasteiger partial charge in [-0.25, -0.2) is 0 Å². The zero-order chi connectivity index (χ0) is 24.8. The van der Waals surface area contributed by atoms with Gasteiger partial charge in [-0.1, -0.05) is 11.6 Å². The van der Waals surface area contributed by atoms with Gasteiger partial charge in [-0.2, -0.15) is 0 Å². The molecule has 9 heteroatoms. The number of halogens is 1. The number of ether oxygens (including phenoxy) is 1. The second kappa shape index (κ2) is 9.42. The van der Waals surface area contributed by atoms with E-state index in [0.717, 1.165) is 44.7 Å². The number of aromatic nitrogens is 1. The van der Waals surface area contributed by atoms with Crippen molar-refractivity contribution >= 4 is 34.1 Å². The van der Waals surface area contributed by atoms with Gasteiger partial charge in [0.1, 0.15) is 11.1 Å². The van der Waals surface area contributed by atoms with Gasteiger partial charge in [0, 0.05) is 49.2 Å². The van der Waals surface area contributed by atoms with Gasteiger partial charge in [0.15, 0.2) is 11.5 Å². The number of aliphatic hydroxyl groups is 1. The molecular weight excluding hydrogens is 480 g/mol. The van der Waals surface area contributed by atoms with E-state index in [2.05, 4.69) is 15.1 Å². The van der Waals surface area contributed by atoms with Gasteiger partial charge in [0.2, 0.25) is 5.43 Å². The Morgan fingerprint density at radius 2 is 1.94 bits per heavy atom. The number of benzene rings is 2. The van der Waals surface area contributed by atoms with Crippen molar-refractivity contribution < 1.29 is 14.6 Å². The van der Waals surface area contributed by atoms with E-state index in [4.69, 9.17) is 16.3 Å². The second-order valence-corrected chi connectivity index (χ2v) is 10.3. The van der Waals surface area contributed by atoms with Crippen LogP contribution in [-0.4, -0.2) is 65.9 Å². The van der Waals surface area contributed by atoms with Crippen LogP contribution in [0.25, 0.3) is 16.6 Å². The highest BCUT2D eigenvalue weighted by Crippen LogP contribution is 2.42. The summed E-state index contributed by atoms with van der Waals surface area (Å²) in [5, 5.41) is 14.1. The highest BCUT2D eigenvalue weighted by Gasteiger charge is 2.27. The zero-order valence-corrected chi connectivity index (χ0v) is 20.8. The number of nitrogens with zero attached hydrogens (tertiary/aromatic N) is 3. The van der Waals surface area contributed by atoms with Gasteiger partial charge in [0.05, 0.1) is 17.2 Å². The molecule has 36 heavy (non-hydrogen) atoms. The lowest BCUT2D eigenvalue weighted by Gasteiger charge is -2.33. The fraction of sp³-hybridized carbons (Fsp3) is 0.407. The van der Waals surface area contributed by atoms with Gasteiger partial charge < -0.3 is 29.5 Å².